The van der Waals surface area contributed by atoms with Gasteiger partial charge >= 0.3 is 0 Å². The molecule has 0 spiro atoms. The van der Waals surface area contributed by atoms with Gasteiger partial charge in [0.15, 0.2) is 11.5 Å². The second kappa shape index (κ2) is 6.97. The third kappa shape index (κ3) is 3.13. The zero-order valence-electron chi connectivity index (χ0n) is 14.5. The van der Waals surface area contributed by atoms with Gasteiger partial charge in [-0.2, -0.15) is 4.31 Å². The number of benzene rings is 2. The van der Waals surface area contributed by atoms with Gasteiger partial charge in [0.05, 0.1) is 19.1 Å². The fourth-order valence-electron chi connectivity index (χ4n) is 3.11. The zero-order chi connectivity index (χ0) is 18.9. The maximum absolute atomic E-state index is 13.2. The molecular formula is C18H20N2O5S. The lowest BCUT2D eigenvalue weighted by Crippen LogP contribution is -2.50. The number of ether oxygens (including phenoxy) is 2. The van der Waals surface area contributed by atoms with Crippen molar-refractivity contribution >= 4 is 15.9 Å². The van der Waals surface area contributed by atoms with Crippen LogP contribution in [-0.2, 0) is 27.8 Å². The first kappa shape index (κ1) is 18.2. The molecule has 1 aliphatic heterocycles. The highest BCUT2D eigenvalue weighted by Gasteiger charge is 2.38. The molecule has 1 heterocycles. The van der Waals surface area contributed by atoms with Gasteiger partial charge in [-0.15, -0.1) is 0 Å². The average Bonchev–Trinajstić information content (AvgIpc) is 2.66. The van der Waals surface area contributed by atoms with Crippen molar-refractivity contribution in [3.8, 4) is 11.5 Å². The smallest absolute Gasteiger partial charge is 0.244 e. The molecule has 2 aromatic carbocycles. The van der Waals surface area contributed by atoms with E-state index in [0.717, 1.165) is 15.4 Å². The summed E-state index contributed by atoms with van der Waals surface area (Å²) in [6, 6.07) is 10.8. The number of fused-ring (bicyclic) bond motifs is 1. The zero-order valence-corrected chi connectivity index (χ0v) is 15.3. The highest BCUT2D eigenvalue weighted by atomic mass is 32.2. The fourth-order valence-corrected chi connectivity index (χ4v) is 4.70. The first-order valence-electron chi connectivity index (χ1n) is 7.98. The van der Waals surface area contributed by atoms with Crippen LogP contribution in [0.15, 0.2) is 47.4 Å². The number of carbonyl (C=O) groups excluding carboxylic acids is 1. The maximum atomic E-state index is 13.2. The topological polar surface area (TPSA) is 98.9 Å². The van der Waals surface area contributed by atoms with Gasteiger partial charge in [-0.05, 0) is 29.7 Å². The lowest BCUT2D eigenvalue weighted by Gasteiger charge is -2.34. The third-order valence-corrected chi connectivity index (χ3v) is 6.35. The molecular weight excluding hydrogens is 356 g/mol. The van der Waals surface area contributed by atoms with Crippen molar-refractivity contribution in [1.82, 2.24) is 4.31 Å². The number of rotatable bonds is 5. The summed E-state index contributed by atoms with van der Waals surface area (Å²) < 4.78 is 37.9. The molecule has 3 rings (SSSR count). The Balaban J connectivity index is 2.06. The summed E-state index contributed by atoms with van der Waals surface area (Å²) in [6.07, 6.45) is 0.248. The Morgan fingerprint density at radius 1 is 1.08 bits per heavy atom. The van der Waals surface area contributed by atoms with E-state index < -0.39 is 22.0 Å². The predicted molar refractivity (Wildman–Crippen MR) is 95.4 cm³/mol. The van der Waals surface area contributed by atoms with E-state index in [1.807, 2.05) is 24.3 Å². The van der Waals surface area contributed by atoms with Crippen LogP contribution in [0, 0.1) is 0 Å². The largest absolute Gasteiger partial charge is 0.493 e. The summed E-state index contributed by atoms with van der Waals surface area (Å²) in [6.45, 7) is 0.0838. The number of sulfonamides is 1. The predicted octanol–water partition coefficient (Wildman–Crippen LogP) is 1.30. The number of nitrogens with two attached hydrogens (primary N) is 1. The summed E-state index contributed by atoms with van der Waals surface area (Å²) >= 11 is 0. The van der Waals surface area contributed by atoms with Crippen LogP contribution in [0.5, 0.6) is 11.5 Å². The summed E-state index contributed by atoms with van der Waals surface area (Å²) in [4.78, 5) is 12.0. The van der Waals surface area contributed by atoms with Gasteiger partial charge in [-0.25, -0.2) is 8.42 Å². The highest BCUT2D eigenvalue weighted by molar-refractivity contribution is 7.89. The minimum atomic E-state index is -3.96. The van der Waals surface area contributed by atoms with Gasteiger partial charge in [0.2, 0.25) is 15.9 Å². The second-order valence-electron chi connectivity index (χ2n) is 5.96. The molecule has 2 N–H and O–H groups in total. The Bertz CT molecular complexity index is 942. The van der Waals surface area contributed by atoms with E-state index in [2.05, 4.69) is 0 Å². The minimum Gasteiger partial charge on any atom is -0.493 e. The Morgan fingerprint density at radius 3 is 2.35 bits per heavy atom. The van der Waals surface area contributed by atoms with Gasteiger partial charge < -0.3 is 15.2 Å². The van der Waals surface area contributed by atoms with Gasteiger partial charge in [-0.1, -0.05) is 24.3 Å². The van der Waals surface area contributed by atoms with Gasteiger partial charge in [-0.3, -0.25) is 4.79 Å². The normalized spacial score (nSPS) is 17.4. The molecule has 1 aliphatic rings. The van der Waals surface area contributed by atoms with E-state index in [1.165, 1.54) is 32.4 Å². The molecule has 26 heavy (non-hydrogen) atoms. The molecule has 1 amide bonds. The quantitative estimate of drug-likeness (QED) is 0.848. The lowest BCUT2D eigenvalue weighted by atomic mass is 9.96. The van der Waals surface area contributed by atoms with Crippen molar-refractivity contribution in [3.05, 3.63) is 53.6 Å². The van der Waals surface area contributed by atoms with Crippen molar-refractivity contribution in [2.24, 2.45) is 5.73 Å². The maximum Gasteiger partial charge on any atom is 0.244 e. The molecule has 0 aliphatic carbocycles. The van der Waals surface area contributed by atoms with Gasteiger partial charge in [0.25, 0.3) is 0 Å². The number of hydrogen-bond donors (Lipinski definition) is 1. The van der Waals surface area contributed by atoms with Crippen LogP contribution >= 0.6 is 0 Å². The van der Waals surface area contributed by atoms with Crippen molar-refractivity contribution in [2.45, 2.75) is 23.9 Å². The van der Waals surface area contributed by atoms with E-state index >= 15 is 0 Å². The number of amides is 1. The molecule has 0 saturated carbocycles. The van der Waals surface area contributed by atoms with Crippen LogP contribution in [0.25, 0.3) is 0 Å². The number of primary amides is 1. The molecule has 0 bridgehead atoms. The summed E-state index contributed by atoms with van der Waals surface area (Å²) in [5, 5.41) is 0. The second-order valence-corrected chi connectivity index (χ2v) is 7.85. The molecule has 0 aromatic heterocycles. The van der Waals surface area contributed by atoms with Crippen molar-refractivity contribution in [2.75, 3.05) is 14.2 Å². The molecule has 0 saturated heterocycles. The molecule has 0 radical (unpaired) electrons. The first-order valence-corrected chi connectivity index (χ1v) is 9.42. The number of hydrogen-bond acceptors (Lipinski definition) is 5. The fraction of sp³-hybridized carbons (Fsp3) is 0.278. The average molecular weight is 376 g/mol. The first-order chi connectivity index (χ1) is 12.4. The van der Waals surface area contributed by atoms with E-state index in [9.17, 15) is 13.2 Å². The van der Waals surface area contributed by atoms with Gasteiger partial charge in [0.1, 0.15) is 6.04 Å². The summed E-state index contributed by atoms with van der Waals surface area (Å²) in [5.74, 6) is 0.0343. The Labute approximate surface area is 152 Å². The molecule has 8 heteroatoms. The van der Waals surface area contributed by atoms with Crippen LogP contribution in [-0.4, -0.2) is 38.9 Å². The van der Waals surface area contributed by atoms with Crippen molar-refractivity contribution < 1.29 is 22.7 Å². The Morgan fingerprint density at radius 2 is 1.73 bits per heavy atom. The summed E-state index contributed by atoms with van der Waals surface area (Å²) in [7, 11) is -1.06. The molecule has 2 aromatic rings. The van der Waals surface area contributed by atoms with E-state index in [-0.39, 0.29) is 17.9 Å². The van der Waals surface area contributed by atoms with Crippen molar-refractivity contribution in [1.29, 1.82) is 0 Å². The van der Waals surface area contributed by atoms with E-state index in [4.69, 9.17) is 15.2 Å². The molecule has 1 atom stereocenters. The van der Waals surface area contributed by atoms with E-state index in [0.29, 0.717) is 11.5 Å². The third-order valence-electron chi connectivity index (χ3n) is 4.50. The Kier molecular flexibility index (Phi) is 4.88. The van der Waals surface area contributed by atoms with Gasteiger partial charge in [0, 0.05) is 12.6 Å². The van der Waals surface area contributed by atoms with E-state index in [1.54, 1.807) is 0 Å². The monoisotopic (exact) mass is 376 g/mol. The SMILES string of the molecule is COc1ccc(S(=O)(=O)N2Cc3ccccc3C[C@H]2C(N)=O)cc1OC. The Hall–Kier alpha value is -2.58. The lowest BCUT2D eigenvalue weighted by molar-refractivity contribution is -0.122. The number of carbonyl (C=O) groups is 1. The molecule has 138 valence electrons. The molecule has 7 nitrogen and oxygen atoms in total. The molecule has 0 unspecified atom stereocenters. The number of methoxy groups -OCH3 is 2. The number of nitrogens with zero attached hydrogens (tertiary/aromatic N) is 1. The van der Waals surface area contributed by atoms with Crippen LogP contribution in [0.1, 0.15) is 11.1 Å². The van der Waals surface area contributed by atoms with Crippen LogP contribution in [0.4, 0.5) is 0 Å². The summed E-state index contributed by atoms with van der Waals surface area (Å²) in [5.41, 5.74) is 7.28. The molecule has 0 fully saturated rings. The minimum absolute atomic E-state index is 0.0146. The van der Waals surface area contributed by atoms with Crippen LogP contribution in [0.2, 0.25) is 0 Å². The van der Waals surface area contributed by atoms with Crippen LogP contribution < -0.4 is 15.2 Å². The highest BCUT2D eigenvalue weighted by Crippen LogP contribution is 2.33. The van der Waals surface area contributed by atoms with Crippen LogP contribution in [0.3, 0.4) is 0 Å². The van der Waals surface area contributed by atoms with Crippen molar-refractivity contribution in [3.63, 3.8) is 0 Å². The standard InChI is InChI=1S/C18H20N2O5S/c1-24-16-8-7-14(10-17(16)25-2)26(22,23)20-11-13-6-4-3-5-12(13)9-15(20)18(19)21/h3-8,10,15H,9,11H2,1-2H3,(H2,19,21)/t15-/m0/s1.